The minimum atomic E-state index is -0.764. The minimum Gasteiger partial charge on any atom is -0.462 e. The van der Waals surface area contributed by atoms with Crippen LogP contribution in [0.3, 0.4) is 0 Å². The fourth-order valence-corrected chi connectivity index (χ4v) is 9.18. The first-order valence-electron chi connectivity index (χ1n) is 29.6. The highest BCUT2D eigenvalue weighted by Crippen LogP contribution is 2.19. The van der Waals surface area contributed by atoms with Crippen molar-refractivity contribution in [3.05, 3.63) is 0 Å². The molecule has 0 bridgehead atoms. The normalized spacial score (nSPS) is 12.1. The average Bonchev–Trinajstić information content (AvgIpc) is 3.28. The van der Waals surface area contributed by atoms with Gasteiger partial charge in [0.1, 0.15) is 13.2 Å². The van der Waals surface area contributed by atoms with E-state index in [1.54, 1.807) is 0 Å². The summed E-state index contributed by atoms with van der Waals surface area (Å²) in [5.74, 6) is 1.65. The van der Waals surface area contributed by atoms with Crippen LogP contribution in [0.2, 0.25) is 0 Å². The van der Waals surface area contributed by atoms with Gasteiger partial charge in [0.05, 0.1) is 0 Å². The van der Waals surface area contributed by atoms with Gasteiger partial charge in [-0.05, 0) is 37.0 Å². The SMILES string of the molecule is CC(C)CCCCCCCCCCCCCCCCCCC(=O)O[C@@H](COC(=O)CCCCCCCCCCCCCCCCCC(C)C)COC(=O)CCCCCCCCCCC(C)C. The summed E-state index contributed by atoms with van der Waals surface area (Å²) in [6.07, 6.45) is 53.9. The smallest absolute Gasteiger partial charge is 0.306 e. The molecule has 0 aromatic heterocycles. The molecule has 0 radical (unpaired) electrons. The van der Waals surface area contributed by atoms with Crippen LogP contribution in [0, 0.1) is 17.8 Å². The number of carbonyl (C=O) groups is 3. The summed E-state index contributed by atoms with van der Waals surface area (Å²) in [6, 6.07) is 0. The van der Waals surface area contributed by atoms with E-state index < -0.39 is 6.10 Å². The molecule has 1 atom stereocenters. The highest BCUT2D eigenvalue weighted by Gasteiger charge is 2.19. The van der Waals surface area contributed by atoms with E-state index in [0.29, 0.717) is 19.3 Å². The Hall–Kier alpha value is -1.59. The Bertz CT molecular complexity index is 1020. The molecule has 0 aliphatic carbocycles. The molecule has 6 heteroatoms. The van der Waals surface area contributed by atoms with Gasteiger partial charge in [0.15, 0.2) is 6.10 Å². The third kappa shape index (κ3) is 53.4. The van der Waals surface area contributed by atoms with Crippen LogP contribution >= 0.6 is 0 Å². The molecule has 0 heterocycles. The lowest BCUT2D eigenvalue weighted by Crippen LogP contribution is -2.30. The molecule has 0 aliphatic rings. The van der Waals surface area contributed by atoms with Crippen molar-refractivity contribution in [3.63, 3.8) is 0 Å². The molecule has 66 heavy (non-hydrogen) atoms. The molecule has 0 aromatic rings. The van der Waals surface area contributed by atoms with Gasteiger partial charge in [-0.15, -0.1) is 0 Å². The first-order valence-corrected chi connectivity index (χ1v) is 29.6. The van der Waals surface area contributed by atoms with E-state index in [0.717, 1.165) is 75.5 Å². The second kappa shape index (κ2) is 51.3. The number of ether oxygens (including phenoxy) is 3. The van der Waals surface area contributed by atoms with Crippen molar-refractivity contribution in [1.29, 1.82) is 0 Å². The van der Waals surface area contributed by atoms with Crippen molar-refractivity contribution in [3.8, 4) is 0 Å². The Morgan fingerprint density at radius 1 is 0.258 bits per heavy atom. The maximum Gasteiger partial charge on any atom is 0.306 e. The fourth-order valence-electron chi connectivity index (χ4n) is 9.18. The third-order valence-electron chi connectivity index (χ3n) is 13.6. The molecule has 6 nitrogen and oxygen atoms in total. The molecule has 392 valence electrons. The van der Waals surface area contributed by atoms with Crippen LogP contribution in [0.15, 0.2) is 0 Å². The molecule has 0 aromatic carbocycles. The van der Waals surface area contributed by atoms with Crippen LogP contribution in [0.25, 0.3) is 0 Å². The Kier molecular flexibility index (Phi) is 50.0. The summed E-state index contributed by atoms with van der Waals surface area (Å²) < 4.78 is 16.9. The van der Waals surface area contributed by atoms with Gasteiger partial charge in [0, 0.05) is 19.3 Å². The molecule has 0 amide bonds. The van der Waals surface area contributed by atoms with Crippen LogP contribution in [0.1, 0.15) is 330 Å². The molecule has 0 aliphatic heterocycles. The maximum atomic E-state index is 12.9. The zero-order valence-corrected chi connectivity index (χ0v) is 45.5. The van der Waals surface area contributed by atoms with Crippen molar-refractivity contribution in [2.24, 2.45) is 17.8 Å². The molecule has 0 spiro atoms. The predicted octanol–water partition coefficient (Wildman–Crippen LogP) is 19.5. The monoisotopic (exact) mass is 933 g/mol. The number of hydrogen-bond donors (Lipinski definition) is 0. The fraction of sp³-hybridized carbons (Fsp3) is 0.950. The van der Waals surface area contributed by atoms with Gasteiger partial charge in [-0.2, -0.15) is 0 Å². The summed E-state index contributed by atoms with van der Waals surface area (Å²) in [4.78, 5) is 38.1. The van der Waals surface area contributed by atoms with E-state index in [2.05, 4.69) is 41.5 Å². The zero-order chi connectivity index (χ0) is 48.4. The van der Waals surface area contributed by atoms with Crippen molar-refractivity contribution in [1.82, 2.24) is 0 Å². The molecular formula is C60H116O6. The predicted molar refractivity (Wildman–Crippen MR) is 284 cm³/mol. The highest BCUT2D eigenvalue weighted by atomic mass is 16.6. The number of esters is 3. The summed E-state index contributed by atoms with van der Waals surface area (Å²) in [5, 5.41) is 0. The van der Waals surface area contributed by atoms with Gasteiger partial charge >= 0.3 is 17.9 Å². The summed E-state index contributed by atoms with van der Waals surface area (Å²) in [5.41, 5.74) is 0. The number of rotatable bonds is 53. The largest absolute Gasteiger partial charge is 0.462 e. The van der Waals surface area contributed by atoms with Gasteiger partial charge in [-0.3, -0.25) is 14.4 Å². The second-order valence-corrected chi connectivity index (χ2v) is 22.1. The van der Waals surface area contributed by atoms with Crippen molar-refractivity contribution >= 4 is 17.9 Å². The minimum absolute atomic E-state index is 0.0636. The van der Waals surface area contributed by atoms with E-state index in [1.165, 1.54) is 212 Å². The topological polar surface area (TPSA) is 78.9 Å². The van der Waals surface area contributed by atoms with Crippen molar-refractivity contribution in [2.75, 3.05) is 13.2 Å². The Morgan fingerprint density at radius 3 is 0.652 bits per heavy atom. The molecule has 0 saturated heterocycles. The van der Waals surface area contributed by atoms with Crippen molar-refractivity contribution in [2.45, 2.75) is 337 Å². The summed E-state index contributed by atoms with van der Waals surface area (Å²) >= 11 is 0. The highest BCUT2D eigenvalue weighted by molar-refractivity contribution is 5.71. The molecule has 0 rings (SSSR count). The molecule has 0 N–H and O–H groups in total. The average molecular weight is 934 g/mol. The lowest BCUT2D eigenvalue weighted by Gasteiger charge is -2.18. The standard InChI is InChI=1S/C60H116O6/c1-54(2)46-40-34-28-22-18-14-10-7-8-12-17-21-25-33-39-45-51-60(63)66-57(53-65-59(62)50-44-38-32-27-26-30-36-42-48-56(5)6)52-64-58(61)49-43-37-31-24-20-16-13-9-11-15-19-23-29-35-41-47-55(3)4/h54-57H,7-53H2,1-6H3/t57-/m0/s1. The third-order valence-corrected chi connectivity index (χ3v) is 13.6. The van der Waals surface area contributed by atoms with E-state index in [4.69, 9.17) is 14.2 Å². The van der Waals surface area contributed by atoms with Crippen LogP contribution < -0.4 is 0 Å². The second-order valence-electron chi connectivity index (χ2n) is 22.1. The Labute approximate surface area is 412 Å². The van der Waals surface area contributed by atoms with Crippen LogP contribution in [0.5, 0.6) is 0 Å². The van der Waals surface area contributed by atoms with E-state index >= 15 is 0 Å². The lowest BCUT2D eigenvalue weighted by molar-refractivity contribution is -0.167. The van der Waals surface area contributed by atoms with E-state index in [9.17, 15) is 14.4 Å². The summed E-state index contributed by atoms with van der Waals surface area (Å²) in [7, 11) is 0. The molecular weight excluding hydrogens is 817 g/mol. The Morgan fingerprint density at radius 2 is 0.439 bits per heavy atom. The first kappa shape index (κ1) is 64.4. The molecule has 0 unspecified atom stereocenters. The van der Waals surface area contributed by atoms with Gasteiger partial charge in [0.25, 0.3) is 0 Å². The quantitative estimate of drug-likeness (QED) is 0.0343. The van der Waals surface area contributed by atoms with E-state index in [-0.39, 0.29) is 31.1 Å². The van der Waals surface area contributed by atoms with Gasteiger partial charge in [0.2, 0.25) is 0 Å². The number of unbranched alkanes of at least 4 members (excludes halogenated alkanes) is 36. The Balaban J connectivity index is 4.25. The number of hydrogen-bond acceptors (Lipinski definition) is 6. The van der Waals surface area contributed by atoms with Gasteiger partial charge < -0.3 is 14.2 Å². The van der Waals surface area contributed by atoms with E-state index in [1.807, 2.05) is 0 Å². The first-order chi connectivity index (χ1) is 32.1. The van der Waals surface area contributed by atoms with Crippen LogP contribution in [-0.4, -0.2) is 37.2 Å². The molecule has 0 saturated carbocycles. The number of carbonyl (C=O) groups excluding carboxylic acids is 3. The van der Waals surface area contributed by atoms with Crippen LogP contribution in [-0.2, 0) is 28.6 Å². The van der Waals surface area contributed by atoms with Crippen molar-refractivity contribution < 1.29 is 28.6 Å². The lowest BCUT2D eigenvalue weighted by atomic mass is 10.0. The van der Waals surface area contributed by atoms with Gasteiger partial charge in [-0.1, -0.05) is 292 Å². The van der Waals surface area contributed by atoms with Crippen LogP contribution in [0.4, 0.5) is 0 Å². The maximum absolute atomic E-state index is 12.9. The molecule has 0 fully saturated rings. The van der Waals surface area contributed by atoms with Gasteiger partial charge in [-0.25, -0.2) is 0 Å². The summed E-state index contributed by atoms with van der Waals surface area (Å²) in [6.45, 7) is 13.8. The zero-order valence-electron chi connectivity index (χ0n) is 45.5.